The largest absolute Gasteiger partial charge is 0.494 e. The van der Waals surface area contributed by atoms with E-state index in [1.807, 2.05) is 31.2 Å². The number of aliphatic hydroxyl groups excluding tert-OH is 3. The van der Waals surface area contributed by atoms with Gasteiger partial charge in [0.05, 0.1) is 25.4 Å². The molecule has 4 atom stereocenters. The molecule has 1 heterocycles. The Bertz CT molecular complexity index is 811. The fourth-order valence-corrected chi connectivity index (χ4v) is 3.86. The maximum atomic E-state index is 10.7. The number of benzene rings is 2. The fourth-order valence-electron chi connectivity index (χ4n) is 3.67. The molecule has 3 rings (SSSR count). The highest BCUT2D eigenvalue weighted by molar-refractivity contribution is 6.31. The highest BCUT2D eigenvalue weighted by Gasteiger charge is 2.51. The van der Waals surface area contributed by atoms with Crippen LogP contribution in [0.5, 0.6) is 5.75 Å². The molecular weight excluding hydrogens is 396 g/mol. The minimum atomic E-state index is -1.59. The van der Waals surface area contributed by atoms with Gasteiger partial charge in [0.1, 0.15) is 11.9 Å². The van der Waals surface area contributed by atoms with E-state index in [1.54, 1.807) is 18.2 Å². The highest BCUT2D eigenvalue weighted by atomic mass is 35.5. The van der Waals surface area contributed by atoms with E-state index in [1.165, 1.54) is 7.11 Å². The molecule has 6 nitrogen and oxygen atoms in total. The van der Waals surface area contributed by atoms with Crippen LogP contribution in [0.1, 0.15) is 30.0 Å². The van der Waals surface area contributed by atoms with Gasteiger partial charge < -0.3 is 29.5 Å². The number of ether oxygens (including phenoxy) is 3. The van der Waals surface area contributed by atoms with Crippen molar-refractivity contribution >= 4 is 11.6 Å². The summed E-state index contributed by atoms with van der Waals surface area (Å²) in [7, 11) is 1.40. The van der Waals surface area contributed by atoms with Gasteiger partial charge in [-0.05, 0) is 48.7 Å². The van der Waals surface area contributed by atoms with Crippen molar-refractivity contribution in [1.29, 1.82) is 0 Å². The smallest absolute Gasteiger partial charge is 0.224 e. The summed E-state index contributed by atoms with van der Waals surface area (Å²) in [5.41, 5.74) is 2.38. The second kappa shape index (κ2) is 9.43. The van der Waals surface area contributed by atoms with Crippen molar-refractivity contribution in [1.82, 2.24) is 0 Å². The van der Waals surface area contributed by atoms with Gasteiger partial charge in [0, 0.05) is 24.1 Å². The summed E-state index contributed by atoms with van der Waals surface area (Å²) in [5, 5.41) is 31.0. The maximum Gasteiger partial charge on any atom is 0.224 e. The highest BCUT2D eigenvalue weighted by Crippen LogP contribution is 2.40. The lowest BCUT2D eigenvalue weighted by Gasteiger charge is -2.45. The van der Waals surface area contributed by atoms with Crippen molar-refractivity contribution in [3.8, 4) is 5.75 Å². The normalized spacial score (nSPS) is 27.0. The Kier molecular flexibility index (Phi) is 7.16. The van der Waals surface area contributed by atoms with Gasteiger partial charge in [-0.15, -0.1) is 0 Å². The molecule has 0 aromatic heterocycles. The van der Waals surface area contributed by atoms with E-state index >= 15 is 0 Å². The predicted octanol–water partition coefficient (Wildman–Crippen LogP) is 2.63. The summed E-state index contributed by atoms with van der Waals surface area (Å²) >= 11 is 6.42. The van der Waals surface area contributed by atoms with Crippen LogP contribution >= 0.6 is 11.6 Å². The van der Waals surface area contributed by atoms with Crippen molar-refractivity contribution in [3.05, 3.63) is 64.2 Å². The lowest BCUT2D eigenvalue weighted by molar-refractivity contribution is -0.344. The van der Waals surface area contributed by atoms with Gasteiger partial charge >= 0.3 is 0 Å². The standard InChI is InChI=1S/C22H27ClO6/c1-3-28-17-7-4-14(5-8-17)10-15-11-16(6-9-19(15)23)22(27-2)21(26)20(25)12-18(13-24)29-22/h4-9,11,18,20-21,24-26H,3,10,12-13H2,1-2H3/t18?,20?,21-,22?/m1/s1. The molecule has 2 aromatic carbocycles. The first-order valence-electron chi connectivity index (χ1n) is 9.64. The molecule has 1 saturated heterocycles. The Morgan fingerprint density at radius 3 is 2.52 bits per heavy atom. The summed E-state index contributed by atoms with van der Waals surface area (Å²) in [6.07, 6.45) is -2.38. The number of hydrogen-bond donors (Lipinski definition) is 3. The number of rotatable bonds is 7. The molecular formula is C22H27ClO6. The molecule has 0 aliphatic carbocycles. The molecule has 0 radical (unpaired) electrons. The Hall–Kier alpha value is -1.67. The molecule has 0 spiro atoms. The molecule has 1 aliphatic heterocycles. The average molecular weight is 423 g/mol. The van der Waals surface area contributed by atoms with Crippen LogP contribution in [-0.2, 0) is 21.7 Å². The third-order valence-electron chi connectivity index (χ3n) is 5.18. The van der Waals surface area contributed by atoms with Crippen LogP contribution in [-0.4, -0.2) is 54.0 Å². The van der Waals surface area contributed by atoms with Crippen LogP contribution in [0.4, 0.5) is 0 Å². The van der Waals surface area contributed by atoms with E-state index in [0.717, 1.165) is 16.9 Å². The zero-order chi connectivity index (χ0) is 21.0. The van der Waals surface area contributed by atoms with E-state index in [-0.39, 0.29) is 13.0 Å². The first kappa shape index (κ1) is 22.0. The predicted molar refractivity (Wildman–Crippen MR) is 109 cm³/mol. The monoisotopic (exact) mass is 422 g/mol. The molecule has 0 amide bonds. The molecule has 1 aliphatic rings. The quantitative estimate of drug-likeness (QED) is 0.635. The van der Waals surface area contributed by atoms with E-state index in [9.17, 15) is 15.3 Å². The van der Waals surface area contributed by atoms with Crippen LogP contribution < -0.4 is 4.74 Å². The van der Waals surface area contributed by atoms with Gasteiger partial charge in [-0.2, -0.15) is 0 Å². The van der Waals surface area contributed by atoms with Crippen molar-refractivity contribution in [2.75, 3.05) is 20.3 Å². The Morgan fingerprint density at radius 1 is 1.17 bits per heavy atom. The number of hydrogen-bond acceptors (Lipinski definition) is 6. The summed E-state index contributed by atoms with van der Waals surface area (Å²) in [5.74, 6) is -0.791. The molecule has 3 N–H and O–H groups in total. The van der Waals surface area contributed by atoms with E-state index in [0.29, 0.717) is 23.6 Å². The van der Waals surface area contributed by atoms with E-state index in [4.69, 9.17) is 25.8 Å². The summed E-state index contributed by atoms with van der Waals surface area (Å²) in [6, 6.07) is 13.0. The summed E-state index contributed by atoms with van der Waals surface area (Å²) in [6.45, 7) is 2.25. The molecule has 1 fully saturated rings. The Balaban J connectivity index is 1.92. The zero-order valence-electron chi connectivity index (χ0n) is 16.5. The third-order valence-corrected chi connectivity index (χ3v) is 5.55. The Morgan fingerprint density at radius 2 is 1.90 bits per heavy atom. The van der Waals surface area contributed by atoms with Gasteiger partial charge in [0.15, 0.2) is 0 Å². The van der Waals surface area contributed by atoms with Crippen molar-refractivity contribution < 1.29 is 29.5 Å². The van der Waals surface area contributed by atoms with Gasteiger partial charge in [0.25, 0.3) is 0 Å². The minimum Gasteiger partial charge on any atom is -0.494 e. The lowest BCUT2D eigenvalue weighted by atomic mass is 9.88. The van der Waals surface area contributed by atoms with Crippen LogP contribution in [0.15, 0.2) is 42.5 Å². The van der Waals surface area contributed by atoms with Crippen LogP contribution in [0.25, 0.3) is 0 Å². The summed E-state index contributed by atoms with van der Waals surface area (Å²) < 4.78 is 16.9. The third kappa shape index (κ3) is 4.58. The molecule has 3 unspecified atom stereocenters. The first-order valence-corrected chi connectivity index (χ1v) is 10.0. The van der Waals surface area contributed by atoms with Crippen molar-refractivity contribution in [2.24, 2.45) is 0 Å². The molecule has 29 heavy (non-hydrogen) atoms. The number of halogens is 1. The Labute approximate surface area is 175 Å². The summed E-state index contributed by atoms with van der Waals surface area (Å²) in [4.78, 5) is 0. The minimum absolute atomic E-state index is 0.120. The second-order valence-electron chi connectivity index (χ2n) is 7.10. The van der Waals surface area contributed by atoms with Crippen LogP contribution in [0.3, 0.4) is 0 Å². The SMILES string of the molecule is CCOc1ccc(Cc2cc(C3(OC)OC(CO)CC(O)[C@H]3O)ccc2Cl)cc1. The zero-order valence-corrected chi connectivity index (χ0v) is 17.3. The van der Waals surface area contributed by atoms with E-state index in [2.05, 4.69) is 0 Å². The molecule has 2 aromatic rings. The average Bonchev–Trinajstić information content (AvgIpc) is 2.73. The number of methoxy groups -OCH3 is 1. The number of aliphatic hydroxyl groups is 3. The molecule has 158 valence electrons. The molecule has 0 bridgehead atoms. The molecule has 7 heteroatoms. The van der Waals surface area contributed by atoms with Gasteiger partial charge in [-0.1, -0.05) is 29.8 Å². The topological polar surface area (TPSA) is 88.4 Å². The lowest BCUT2D eigenvalue weighted by Crippen LogP contribution is -2.57. The fraction of sp³-hybridized carbons (Fsp3) is 0.455. The van der Waals surface area contributed by atoms with Gasteiger partial charge in [-0.25, -0.2) is 0 Å². The first-order chi connectivity index (χ1) is 13.9. The van der Waals surface area contributed by atoms with Gasteiger partial charge in [0.2, 0.25) is 5.79 Å². The maximum absolute atomic E-state index is 10.7. The van der Waals surface area contributed by atoms with E-state index < -0.39 is 24.1 Å². The molecule has 0 saturated carbocycles. The van der Waals surface area contributed by atoms with Crippen LogP contribution in [0.2, 0.25) is 5.02 Å². The second-order valence-corrected chi connectivity index (χ2v) is 7.51. The van der Waals surface area contributed by atoms with Crippen molar-refractivity contribution in [2.45, 2.75) is 43.9 Å². The van der Waals surface area contributed by atoms with Crippen LogP contribution in [0, 0.1) is 0 Å². The van der Waals surface area contributed by atoms with Crippen molar-refractivity contribution in [3.63, 3.8) is 0 Å². The van der Waals surface area contributed by atoms with Gasteiger partial charge in [-0.3, -0.25) is 0 Å².